The average molecular weight is 269 g/mol. The van der Waals surface area contributed by atoms with Gasteiger partial charge in [-0.25, -0.2) is 4.98 Å². The highest BCUT2D eigenvalue weighted by Gasteiger charge is 2.29. The van der Waals surface area contributed by atoms with Crippen LogP contribution in [0, 0.1) is 5.92 Å². The summed E-state index contributed by atoms with van der Waals surface area (Å²) >= 11 is 0. The number of amides is 1. The minimum atomic E-state index is -0.177. The van der Waals surface area contributed by atoms with Crippen molar-refractivity contribution in [2.24, 2.45) is 13.0 Å². The van der Waals surface area contributed by atoms with E-state index in [1.54, 1.807) is 6.20 Å². The normalized spacial score (nSPS) is 16.4. The fraction of sp³-hybridized carbons (Fsp3) is 0.375. The van der Waals surface area contributed by atoms with Gasteiger partial charge < -0.3 is 9.88 Å². The molecule has 1 aromatic carbocycles. The molecule has 0 radical (unpaired) electrons. The maximum absolute atomic E-state index is 12.3. The van der Waals surface area contributed by atoms with E-state index in [0.717, 1.165) is 30.7 Å². The molecule has 3 rings (SSSR count). The smallest absolute Gasteiger partial charge is 0.223 e. The van der Waals surface area contributed by atoms with Crippen LogP contribution in [0.5, 0.6) is 0 Å². The van der Waals surface area contributed by atoms with Gasteiger partial charge in [0.1, 0.15) is 11.9 Å². The third kappa shape index (κ3) is 2.46. The molecule has 2 aromatic rings. The van der Waals surface area contributed by atoms with Crippen molar-refractivity contribution in [3.8, 4) is 0 Å². The van der Waals surface area contributed by atoms with Gasteiger partial charge in [0, 0.05) is 25.4 Å². The van der Waals surface area contributed by atoms with Crippen molar-refractivity contribution in [3.05, 3.63) is 54.1 Å². The summed E-state index contributed by atoms with van der Waals surface area (Å²) in [5, 5.41) is 3.16. The molecule has 1 aliphatic rings. The van der Waals surface area contributed by atoms with Crippen LogP contribution in [0.2, 0.25) is 0 Å². The minimum absolute atomic E-state index is 0.146. The molecule has 0 aliphatic heterocycles. The van der Waals surface area contributed by atoms with E-state index in [9.17, 15) is 4.79 Å². The lowest BCUT2D eigenvalue weighted by atomic mass is 9.84. The summed E-state index contributed by atoms with van der Waals surface area (Å²) in [6.45, 7) is 0. The molecular formula is C16H19N3O. The second kappa shape index (κ2) is 5.49. The van der Waals surface area contributed by atoms with Gasteiger partial charge >= 0.3 is 0 Å². The van der Waals surface area contributed by atoms with E-state index < -0.39 is 0 Å². The number of aryl methyl sites for hydroxylation is 1. The van der Waals surface area contributed by atoms with Crippen molar-refractivity contribution in [2.75, 3.05) is 0 Å². The van der Waals surface area contributed by atoms with E-state index in [4.69, 9.17) is 0 Å². The predicted octanol–water partition coefficient (Wildman–Crippen LogP) is 2.43. The Hall–Kier alpha value is -2.10. The standard InChI is InChI=1S/C16H19N3O/c1-19-11-10-17-15(19)14(12-6-3-2-4-7-12)18-16(20)13-8-5-9-13/h2-4,6-7,10-11,13-14H,5,8-9H2,1H3,(H,18,20)/t14-/m1/s1. The van der Waals surface area contributed by atoms with Crippen LogP contribution >= 0.6 is 0 Å². The summed E-state index contributed by atoms with van der Waals surface area (Å²) in [4.78, 5) is 16.7. The first-order valence-corrected chi connectivity index (χ1v) is 7.08. The topological polar surface area (TPSA) is 46.9 Å². The number of rotatable bonds is 4. The van der Waals surface area contributed by atoms with Crippen molar-refractivity contribution >= 4 is 5.91 Å². The molecule has 1 fully saturated rings. The number of hydrogen-bond acceptors (Lipinski definition) is 2. The Kier molecular flexibility index (Phi) is 3.54. The zero-order chi connectivity index (χ0) is 13.9. The average Bonchev–Trinajstić information content (AvgIpc) is 2.81. The zero-order valence-corrected chi connectivity index (χ0v) is 11.6. The molecule has 0 saturated heterocycles. The molecule has 0 bridgehead atoms. The van der Waals surface area contributed by atoms with Crippen LogP contribution in [-0.2, 0) is 11.8 Å². The Morgan fingerprint density at radius 2 is 2.10 bits per heavy atom. The van der Waals surface area contributed by atoms with Gasteiger partial charge in [-0.05, 0) is 18.4 Å². The molecule has 20 heavy (non-hydrogen) atoms. The lowest BCUT2D eigenvalue weighted by molar-refractivity contribution is -0.127. The van der Waals surface area contributed by atoms with Crippen LogP contribution in [0.3, 0.4) is 0 Å². The molecule has 0 spiro atoms. The Morgan fingerprint density at radius 3 is 2.65 bits per heavy atom. The van der Waals surface area contributed by atoms with Gasteiger partial charge in [-0.3, -0.25) is 4.79 Å². The highest BCUT2D eigenvalue weighted by molar-refractivity contribution is 5.80. The van der Waals surface area contributed by atoms with Crippen LogP contribution in [0.15, 0.2) is 42.7 Å². The largest absolute Gasteiger partial charge is 0.342 e. The summed E-state index contributed by atoms with van der Waals surface area (Å²) in [5.41, 5.74) is 1.06. The molecule has 1 N–H and O–H groups in total. The summed E-state index contributed by atoms with van der Waals surface area (Å²) in [6, 6.07) is 9.83. The van der Waals surface area contributed by atoms with Gasteiger partial charge in [-0.1, -0.05) is 36.8 Å². The molecule has 1 saturated carbocycles. The van der Waals surface area contributed by atoms with E-state index in [1.807, 2.05) is 48.1 Å². The summed E-state index contributed by atoms with van der Waals surface area (Å²) in [5.74, 6) is 1.19. The predicted molar refractivity (Wildman–Crippen MR) is 77.0 cm³/mol. The molecule has 1 aromatic heterocycles. The van der Waals surface area contributed by atoms with E-state index in [0.29, 0.717) is 0 Å². The van der Waals surface area contributed by atoms with Crippen molar-refractivity contribution in [1.82, 2.24) is 14.9 Å². The number of hydrogen-bond donors (Lipinski definition) is 1. The molecule has 0 unspecified atom stereocenters. The zero-order valence-electron chi connectivity index (χ0n) is 11.6. The number of nitrogens with zero attached hydrogens (tertiary/aromatic N) is 2. The van der Waals surface area contributed by atoms with Crippen LogP contribution < -0.4 is 5.32 Å². The van der Waals surface area contributed by atoms with Crippen molar-refractivity contribution in [3.63, 3.8) is 0 Å². The first-order chi connectivity index (χ1) is 9.75. The molecule has 4 nitrogen and oxygen atoms in total. The van der Waals surface area contributed by atoms with Gasteiger partial charge in [0.05, 0.1) is 0 Å². The Bertz CT molecular complexity index is 587. The molecule has 4 heteroatoms. The SMILES string of the molecule is Cn1ccnc1[C@H](NC(=O)C1CCC1)c1ccccc1. The fourth-order valence-electron chi connectivity index (χ4n) is 2.53. The number of imidazole rings is 1. The monoisotopic (exact) mass is 269 g/mol. The third-order valence-electron chi connectivity index (χ3n) is 4.01. The second-order valence-electron chi connectivity index (χ2n) is 5.38. The minimum Gasteiger partial charge on any atom is -0.342 e. The van der Waals surface area contributed by atoms with Crippen molar-refractivity contribution in [1.29, 1.82) is 0 Å². The summed E-state index contributed by atoms with van der Waals surface area (Å²) < 4.78 is 1.96. The lowest BCUT2D eigenvalue weighted by Gasteiger charge is -2.27. The second-order valence-corrected chi connectivity index (χ2v) is 5.38. The van der Waals surface area contributed by atoms with Crippen molar-refractivity contribution in [2.45, 2.75) is 25.3 Å². The molecule has 1 atom stereocenters. The van der Waals surface area contributed by atoms with Crippen LogP contribution in [0.4, 0.5) is 0 Å². The fourth-order valence-corrected chi connectivity index (χ4v) is 2.53. The number of benzene rings is 1. The third-order valence-corrected chi connectivity index (χ3v) is 4.01. The quantitative estimate of drug-likeness (QED) is 0.926. The number of carbonyl (C=O) groups is 1. The van der Waals surface area contributed by atoms with Crippen LogP contribution in [0.25, 0.3) is 0 Å². The van der Waals surface area contributed by atoms with Gasteiger partial charge in [0.2, 0.25) is 5.91 Å². The van der Waals surface area contributed by atoms with Crippen LogP contribution in [-0.4, -0.2) is 15.5 Å². The Balaban J connectivity index is 1.87. The van der Waals surface area contributed by atoms with E-state index in [-0.39, 0.29) is 17.9 Å². The van der Waals surface area contributed by atoms with Gasteiger partial charge in [0.25, 0.3) is 0 Å². The number of aromatic nitrogens is 2. The molecule has 1 aliphatic carbocycles. The van der Waals surface area contributed by atoms with Gasteiger partial charge in [-0.15, -0.1) is 0 Å². The Labute approximate surface area is 118 Å². The van der Waals surface area contributed by atoms with Gasteiger partial charge in [-0.2, -0.15) is 0 Å². The maximum atomic E-state index is 12.3. The number of nitrogens with one attached hydrogen (secondary N) is 1. The van der Waals surface area contributed by atoms with E-state index in [1.165, 1.54) is 0 Å². The van der Waals surface area contributed by atoms with Crippen LogP contribution in [0.1, 0.15) is 36.7 Å². The molecule has 1 amide bonds. The Morgan fingerprint density at radius 1 is 1.35 bits per heavy atom. The summed E-state index contributed by atoms with van der Waals surface area (Å²) in [6.07, 6.45) is 6.85. The first kappa shape index (κ1) is 12.9. The van der Waals surface area contributed by atoms with Crippen molar-refractivity contribution < 1.29 is 4.79 Å². The highest BCUT2D eigenvalue weighted by Crippen LogP contribution is 2.28. The molecule has 1 heterocycles. The maximum Gasteiger partial charge on any atom is 0.223 e. The first-order valence-electron chi connectivity index (χ1n) is 7.08. The molecule has 104 valence electrons. The lowest BCUT2D eigenvalue weighted by Crippen LogP contribution is -2.38. The summed E-state index contributed by atoms with van der Waals surface area (Å²) in [7, 11) is 1.95. The van der Waals surface area contributed by atoms with Gasteiger partial charge in [0.15, 0.2) is 0 Å². The number of carbonyl (C=O) groups excluding carboxylic acids is 1. The van der Waals surface area contributed by atoms with E-state index in [2.05, 4.69) is 10.3 Å². The molecular weight excluding hydrogens is 250 g/mol. The highest BCUT2D eigenvalue weighted by atomic mass is 16.2. The van der Waals surface area contributed by atoms with E-state index >= 15 is 0 Å².